The molecule has 0 aliphatic heterocycles. The van der Waals surface area contributed by atoms with Gasteiger partial charge in [-0.3, -0.25) is 0 Å². The highest BCUT2D eigenvalue weighted by atomic mass is 16.5. The van der Waals surface area contributed by atoms with E-state index in [0.717, 1.165) is 48.0 Å². The summed E-state index contributed by atoms with van der Waals surface area (Å²) in [7, 11) is 3.32. The number of aryl methyl sites for hydroxylation is 1. The summed E-state index contributed by atoms with van der Waals surface area (Å²) in [5.74, 6) is 2.59. The summed E-state index contributed by atoms with van der Waals surface area (Å²) in [4.78, 5) is 4.60. The van der Waals surface area contributed by atoms with Crippen molar-refractivity contribution in [1.29, 1.82) is 0 Å². The maximum atomic E-state index is 5.47. The zero-order chi connectivity index (χ0) is 16.9. The first-order valence-corrected chi connectivity index (χ1v) is 8.07. The molecule has 0 amide bonds. The molecule has 5 nitrogen and oxygen atoms in total. The molecular formula is C19H23N3O2. The van der Waals surface area contributed by atoms with Gasteiger partial charge in [0.1, 0.15) is 5.82 Å². The fraction of sp³-hybridized carbons (Fsp3) is 0.316. The Balaban J connectivity index is 1.64. The average molecular weight is 325 g/mol. The first-order valence-electron chi connectivity index (χ1n) is 8.07. The lowest BCUT2D eigenvalue weighted by Crippen LogP contribution is -2.20. The molecule has 126 valence electrons. The lowest BCUT2D eigenvalue weighted by Gasteiger charge is -2.13. The third-order valence-corrected chi connectivity index (χ3v) is 4.16. The Bertz CT molecular complexity index is 827. The molecule has 0 aliphatic carbocycles. The number of fused-ring (bicyclic) bond motifs is 1. The van der Waals surface area contributed by atoms with E-state index in [1.165, 1.54) is 5.52 Å². The van der Waals surface area contributed by atoms with Gasteiger partial charge in [-0.15, -0.1) is 0 Å². The molecule has 3 rings (SSSR count). The summed E-state index contributed by atoms with van der Waals surface area (Å²) in [5, 5.41) is 3.47. The van der Waals surface area contributed by atoms with Crippen molar-refractivity contribution in [3.05, 3.63) is 53.9 Å². The summed E-state index contributed by atoms with van der Waals surface area (Å²) in [5.41, 5.74) is 3.31. The van der Waals surface area contributed by atoms with Gasteiger partial charge in [0.2, 0.25) is 0 Å². The molecule has 0 aliphatic rings. The number of aromatic nitrogens is 2. The van der Waals surface area contributed by atoms with E-state index in [0.29, 0.717) is 0 Å². The third kappa shape index (κ3) is 3.21. The second kappa shape index (κ2) is 7.36. The molecule has 1 heterocycles. The Morgan fingerprint density at radius 3 is 2.67 bits per heavy atom. The maximum absolute atomic E-state index is 5.47. The zero-order valence-electron chi connectivity index (χ0n) is 14.4. The SMILES string of the molecule is COc1cccc(CNCCn2c(C)nc3ccccc32)c1OC. The monoisotopic (exact) mass is 325 g/mol. The Morgan fingerprint density at radius 2 is 1.88 bits per heavy atom. The van der Waals surface area contributed by atoms with E-state index in [1.54, 1.807) is 14.2 Å². The Hall–Kier alpha value is -2.53. The molecule has 0 bridgehead atoms. The standard InChI is InChI=1S/C19H23N3O2/c1-14-21-16-8-4-5-9-17(16)22(14)12-11-20-13-15-7-6-10-18(23-2)19(15)24-3/h4-10,20H,11-13H2,1-3H3. The number of nitrogens with one attached hydrogen (secondary N) is 1. The second-order valence-corrected chi connectivity index (χ2v) is 5.63. The maximum Gasteiger partial charge on any atom is 0.165 e. The molecule has 0 fully saturated rings. The van der Waals surface area contributed by atoms with Gasteiger partial charge in [0.15, 0.2) is 11.5 Å². The normalized spacial score (nSPS) is 11.0. The van der Waals surface area contributed by atoms with Gasteiger partial charge in [-0.25, -0.2) is 4.98 Å². The van der Waals surface area contributed by atoms with Crippen molar-refractivity contribution in [3.8, 4) is 11.5 Å². The van der Waals surface area contributed by atoms with Crippen LogP contribution in [-0.4, -0.2) is 30.3 Å². The molecule has 0 saturated heterocycles. The smallest absolute Gasteiger partial charge is 0.165 e. The summed E-state index contributed by atoms with van der Waals surface area (Å²) in [6.45, 7) is 4.50. The molecule has 2 aromatic carbocycles. The number of nitrogens with zero attached hydrogens (tertiary/aromatic N) is 2. The van der Waals surface area contributed by atoms with Crippen LogP contribution in [0.15, 0.2) is 42.5 Å². The first kappa shape index (κ1) is 16.3. The van der Waals surface area contributed by atoms with Crippen LogP contribution in [0.1, 0.15) is 11.4 Å². The third-order valence-electron chi connectivity index (χ3n) is 4.16. The van der Waals surface area contributed by atoms with Crippen molar-refractivity contribution in [2.45, 2.75) is 20.0 Å². The van der Waals surface area contributed by atoms with Gasteiger partial charge in [-0.2, -0.15) is 0 Å². The quantitative estimate of drug-likeness (QED) is 0.678. The minimum absolute atomic E-state index is 0.728. The van der Waals surface area contributed by atoms with Gasteiger partial charge in [0, 0.05) is 25.2 Å². The molecule has 0 spiro atoms. The van der Waals surface area contributed by atoms with Crippen LogP contribution >= 0.6 is 0 Å². The number of rotatable bonds is 7. The number of hydrogen-bond acceptors (Lipinski definition) is 4. The van der Waals surface area contributed by atoms with Gasteiger partial charge in [-0.05, 0) is 25.1 Å². The molecule has 0 atom stereocenters. The molecular weight excluding hydrogens is 302 g/mol. The van der Waals surface area contributed by atoms with Crippen LogP contribution in [0.2, 0.25) is 0 Å². The molecule has 0 unspecified atom stereocenters. The highest BCUT2D eigenvalue weighted by molar-refractivity contribution is 5.75. The fourth-order valence-corrected chi connectivity index (χ4v) is 2.99. The van der Waals surface area contributed by atoms with Crippen LogP contribution < -0.4 is 14.8 Å². The Kier molecular flexibility index (Phi) is 5.01. The Morgan fingerprint density at radius 1 is 1.04 bits per heavy atom. The van der Waals surface area contributed by atoms with Crippen LogP contribution in [0.5, 0.6) is 11.5 Å². The predicted octanol–water partition coefficient (Wildman–Crippen LogP) is 3.15. The number of para-hydroxylation sites is 3. The molecule has 5 heteroatoms. The van der Waals surface area contributed by atoms with Gasteiger partial charge in [0.05, 0.1) is 25.3 Å². The van der Waals surface area contributed by atoms with Gasteiger partial charge in [-0.1, -0.05) is 24.3 Å². The highest BCUT2D eigenvalue weighted by Crippen LogP contribution is 2.30. The molecule has 24 heavy (non-hydrogen) atoms. The van der Waals surface area contributed by atoms with E-state index in [2.05, 4.69) is 27.0 Å². The second-order valence-electron chi connectivity index (χ2n) is 5.63. The summed E-state index contributed by atoms with van der Waals surface area (Å²) in [6, 6.07) is 14.2. The molecule has 0 saturated carbocycles. The topological polar surface area (TPSA) is 48.3 Å². The predicted molar refractivity (Wildman–Crippen MR) is 95.7 cm³/mol. The van der Waals surface area contributed by atoms with Crippen molar-refractivity contribution in [2.24, 2.45) is 0 Å². The van der Waals surface area contributed by atoms with Crippen molar-refractivity contribution in [3.63, 3.8) is 0 Å². The van der Waals surface area contributed by atoms with Crippen LogP contribution in [0.4, 0.5) is 0 Å². The molecule has 3 aromatic rings. The van der Waals surface area contributed by atoms with Crippen molar-refractivity contribution in [1.82, 2.24) is 14.9 Å². The van der Waals surface area contributed by atoms with E-state index in [1.807, 2.05) is 37.3 Å². The van der Waals surface area contributed by atoms with Crippen LogP contribution in [0.25, 0.3) is 11.0 Å². The highest BCUT2D eigenvalue weighted by Gasteiger charge is 2.09. The van der Waals surface area contributed by atoms with Crippen LogP contribution in [0, 0.1) is 6.92 Å². The first-order chi connectivity index (χ1) is 11.7. The van der Waals surface area contributed by atoms with E-state index in [-0.39, 0.29) is 0 Å². The van der Waals surface area contributed by atoms with Gasteiger partial charge < -0.3 is 19.4 Å². The van der Waals surface area contributed by atoms with Crippen molar-refractivity contribution >= 4 is 11.0 Å². The fourth-order valence-electron chi connectivity index (χ4n) is 2.99. The average Bonchev–Trinajstić information content (AvgIpc) is 2.93. The van der Waals surface area contributed by atoms with E-state index in [4.69, 9.17) is 9.47 Å². The molecule has 1 N–H and O–H groups in total. The number of ether oxygens (including phenoxy) is 2. The van der Waals surface area contributed by atoms with E-state index in [9.17, 15) is 0 Å². The molecule has 0 radical (unpaired) electrons. The van der Waals surface area contributed by atoms with Crippen LogP contribution in [0.3, 0.4) is 0 Å². The summed E-state index contributed by atoms with van der Waals surface area (Å²) >= 11 is 0. The largest absolute Gasteiger partial charge is 0.493 e. The zero-order valence-corrected chi connectivity index (χ0v) is 14.4. The van der Waals surface area contributed by atoms with Crippen molar-refractivity contribution < 1.29 is 9.47 Å². The summed E-state index contributed by atoms with van der Waals surface area (Å²) < 4.78 is 13.0. The van der Waals surface area contributed by atoms with Gasteiger partial charge >= 0.3 is 0 Å². The van der Waals surface area contributed by atoms with E-state index < -0.39 is 0 Å². The Labute approximate surface area is 142 Å². The van der Waals surface area contributed by atoms with Crippen LogP contribution in [-0.2, 0) is 13.1 Å². The lowest BCUT2D eigenvalue weighted by molar-refractivity contribution is 0.350. The van der Waals surface area contributed by atoms with E-state index >= 15 is 0 Å². The van der Waals surface area contributed by atoms with Crippen molar-refractivity contribution in [2.75, 3.05) is 20.8 Å². The van der Waals surface area contributed by atoms with Gasteiger partial charge in [0.25, 0.3) is 0 Å². The number of benzene rings is 2. The lowest BCUT2D eigenvalue weighted by atomic mass is 10.2. The molecule has 1 aromatic heterocycles. The summed E-state index contributed by atoms with van der Waals surface area (Å²) in [6.07, 6.45) is 0. The number of hydrogen-bond donors (Lipinski definition) is 1. The minimum atomic E-state index is 0.728. The number of methoxy groups -OCH3 is 2. The minimum Gasteiger partial charge on any atom is -0.493 e. The number of imidazole rings is 1.